The highest BCUT2D eigenvalue weighted by molar-refractivity contribution is 6.27. The molecule has 0 radical (unpaired) electrons. The van der Waals surface area contributed by atoms with Gasteiger partial charge >= 0.3 is 0 Å². The summed E-state index contributed by atoms with van der Waals surface area (Å²) in [4.78, 5) is 28.1. The van der Waals surface area contributed by atoms with Crippen LogP contribution in [-0.2, 0) is 0 Å². The minimum atomic E-state index is -0.175. The van der Waals surface area contributed by atoms with Gasteiger partial charge in [-0.25, -0.2) is 0 Å². The zero-order valence-corrected chi connectivity index (χ0v) is 17.4. The topological polar surface area (TPSA) is 75.7 Å². The first-order valence-corrected chi connectivity index (χ1v) is 10.6. The van der Waals surface area contributed by atoms with Crippen LogP contribution in [0.1, 0.15) is 32.0 Å². The van der Waals surface area contributed by atoms with E-state index in [4.69, 9.17) is 0 Å². The molecule has 6 aromatic rings. The number of fused-ring (bicyclic) bond motifs is 6. The summed E-state index contributed by atoms with van der Waals surface area (Å²) < 4.78 is 0. The minimum Gasteiger partial charge on any atom is -0.288 e. The number of pyridine rings is 1. The van der Waals surface area contributed by atoms with Crippen molar-refractivity contribution < 1.29 is 9.59 Å². The fourth-order valence-corrected chi connectivity index (χ4v) is 4.36. The second kappa shape index (κ2) is 7.50. The Morgan fingerprint density at radius 1 is 0.606 bits per heavy atom. The molecule has 7 rings (SSSR count). The van der Waals surface area contributed by atoms with Crippen molar-refractivity contribution in [2.75, 3.05) is 0 Å². The molecule has 5 nitrogen and oxygen atoms in total. The van der Waals surface area contributed by atoms with Crippen molar-refractivity contribution in [3.05, 3.63) is 120 Å². The lowest BCUT2D eigenvalue weighted by Crippen LogP contribution is -2.21. The highest BCUT2D eigenvalue weighted by atomic mass is 16.1. The first-order chi connectivity index (χ1) is 16.2. The molecule has 0 fully saturated rings. The lowest BCUT2D eigenvalue weighted by atomic mass is 9.87. The first kappa shape index (κ1) is 19.1. The van der Waals surface area contributed by atoms with Gasteiger partial charge in [0.1, 0.15) is 5.69 Å². The smallest absolute Gasteiger partial charge is 0.212 e. The summed E-state index contributed by atoms with van der Waals surface area (Å²) in [5.41, 5.74) is 2.65. The number of H-pyrrole nitrogens is 1. The SMILES string of the molecule is O=C1c2ccccc2C(=O)c2ncccc21.c1ccc2cc3c(ccc4[nH]ncc43)cc2c1. The number of nitrogens with zero attached hydrogens (tertiary/aromatic N) is 2. The van der Waals surface area contributed by atoms with Crippen molar-refractivity contribution in [2.45, 2.75) is 0 Å². The van der Waals surface area contributed by atoms with Crippen molar-refractivity contribution >= 4 is 44.0 Å². The molecule has 1 N–H and O–H groups in total. The molecule has 33 heavy (non-hydrogen) atoms. The number of nitrogens with one attached hydrogen (secondary N) is 1. The fraction of sp³-hybridized carbons (Fsp3) is 0. The van der Waals surface area contributed by atoms with Crippen LogP contribution in [0.2, 0.25) is 0 Å². The highest BCUT2D eigenvalue weighted by Crippen LogP contribution is 2.28. The van der Waals surface area contributed by atoms with Gasteiger partial charge < -0.3 is 0 Å². The molecular formula is C28H17N3O2. The Morgan fingerprint density at radius 3 is 2.12 bits per heavy atom. The average Bonchev–Trinajstić information content (AvgIpc) is 3.36. The predicted molar refractivity (Wildman–Crippen MR) is 129 cm³/mol. The monoisotopic (exact) mass is 427 g/mol. The molecule has 0 saturated carbocycles. The van der Waals surface area contributed by atoms with E-state index in [0.717, 1.165) is 5.52 Å². The van der Waals surface area contributed by atoms with Crippen molar-refractivity contribution in [3.8, 4) is 0 Å². The lowest BCUT2D eigenvalue weighted by molar-refractivity contribution is 0.0975. The number of carbonyl (C=O) groups is 2. The molecule has 0 amide bonds. The summed E-state index contributed by atoms with van der Waals surface area (Å²) >= 11 is 0. The van der Waals surface area contributed by atoms with E-state index < -0.39 is 0 Å². The Bertz CT molecular complexity index is 1610. The normalized spacial score (nSPS) is 12.4. The van der Waals surface area contributed by atoms with Crippen LogP contribution in [0.3, 0.4) is 0 Å². The van der Waals surface area contributed by atoms with Crippen LogP contribution in [0.4, 0.5) is 0 Å². The second-order valence-corrected chi connectivity index (χ2v) is 7.92. The van der Waals surface area contributed by atoms with Gasteiger partial charge in [0.15, 0.2) is 5.78 Å². The third kappa shape index (κ3) is 3.10. The van der Waals surface area contributed by atoms with Gasteiger partial charge in [-0.05, 0) is 51.9 Å². The zero-order valence-electron chi connectivity index (χ0n) is 17.4. The molecule has 0 unspecified atom stereocenters. The Kier molecular flexibility index (Phi) is 4.33. The van der Waals surface area contributed by atoms with E-state index in [0.29, 0.717) is 16.7 Å². The fourth-order valence-electron chi connectivity index (χ4n) is 4.36. The molecule has 0 spiro atoms. The molecule has 0 aliphatic heterocycles. The quantitative estimate of drug-likeness (QED) is 0.314. The summed E-state index contributed by atoms with van der Waals surface area (Å²) in [5, 5.41) is 13.4. The second-order valence-electron chi connectivity index (χ2n) is 7.92. The number of hydrogen-bond acceptors (Lipinski definition) is 4. The summed E-state index contributed by atoms with van der Waals surface area (Å²) in [6.07, 6.45) is 3.42. The van der Waals surface area contributed by atoms with Gasteiger partial charge in [0.25, 0.3) is 0 Å². The van der Waals surface area contributed by atoms with Crippen molar-refractivity contribution in [1.29, 1.82) is 0 Å². The summed E-state index contributed by atoms with van der Waals surface area (Å²) in [6.45, 7) is 0. The molecule has 0 bridgehead atoms. The molecule has 1 aliphatic rings. The molecule has 2 heterocycles. The van der Waals surface area contributed by atoms with Crippen LogP contribution < -0.4 is 0 Å². The Labute approximate surface area is 188 Å². The van der Waals surface area contributed by atoms with Gasteiger partial charge in [-0.1, -0.05) is 54.6 Å². The number of aromatic nitrogens is 3. The number of aromatic amines is 1. The van der Waals surface area contributed by atoms with Gasteiger partial charge in [0, 0.05) is 22.7 Å². The molecule has 1 aliphatic carbocycles. The largest absolute Gasteiger partial charge is 0.288 e. The maximum absolute atomic E-state index is 12.1. The molecule has 2 aromatic heterocycles. The van der Waals surface area contributed by atoms with Gasteiger partial charge in [-0.2, -0.15) is 5.10 Å². The highest BCUT2D eigenvalue weighted by Gasteiger charge is 2.29. The zero-order chi connectivity index (χ0) is 22.4. The van der Waals surface area contributed by atoms with Crippen LogP contribution in [0.5, 0.6) is 0 Å². The number of rotatable bonds is 0. The first-order valence-electron chi connectivity index (χ1n) is 10.6. The summed E-state index contributed by atoms with van der Waals surface area (Å²) in [7, 11) is 0. The van der Waals surface area contributed by atoms with Crippen molar-refractivity contribution in [2.24, 2.45) is 0 Å². The van der Waals surface area contributed by atoms with Crippen LogP contribution in [0.25, 0.3) is 32.4 Å². The third-order valence-corrected chi connectivity index (χ3v) is 5.99. The predicted octanol–water partition coefficient (Wildman–Crippen LogP) is 5.73. The number of hydrogen-bond donors (Lipinski definition) is 1. The maximum atomic E-state index is 12.1. The lowest BCUT2D eigenvalue weighted by Gasteiger charge is -2.15. The van der Waals surface area contributed by atoms with Crippen molar-refractivity contribution in [1.82, 2.24) is 15.2 Å². The molecule has 156 valence electrons. The Balaban J connectivity index is 0.000000125. The van der Waals surface area contributed by atoms with Gasteiger partial charge in [-0.3, -0.25) is 19.7 Å². The van der Waals surface area contributed by atoms with Crippen LogP contribution >= 0.6 is 0 Å². The van der Waals surface area contributed by atoms with E-state index in [1.165, 1.54) is 33.1 Å². The van der Waals surface area contributed by atoms with E-state index in [1.807, 2.05) is 6.20 Å². The van der Waals surface area contributed by atoms with E-state index in [1.54, 1.807) is 36.4 Å². The third-order valence-electron chi connectivity index (χ3n) is 5.99. The van der Waals surface area contributed by atoms with Crippen molar-refractivity contribution in [3.63, 3.8) is 0 Å². The molecule has 4 aromatic carbocycles. The summed E-state index contributed by atoms with van der Waals surface area (Å²) in [5.74, 6) is -0.302. The van der Waals surface area contributed by atoms with Crippen LogP contribution in [0.15, 0.2) is 97.3 Å². The van der Waals surface area contributed by atoms with E-state index in [2.05, 4.69) is 63.7 Å². The summed E-state index contributed by atoms with van der Waals surface area (Å²) in [6, 6.07) is 27.3. The van der Waals surface area contributed by atoms with Crippen LogP contribution in [0, 0.1) is 0 Å². The molecular weight excluding hydrogens is 410 g/mol. The minimum absolute atomic E-state index is 0.127. The van der Waals surface area contributed by atoms with E-state index in [-0.39, 0.29) is 17.3 Å². The Morgan fingerprint density at radius 2 is 1.30 bits per heavy atom. The standard InChI is InChI=1S/C15H10N2.C13H7NO2/c1-2-4-11-8-13-12(7-10(11)3-1)5-6-15-14(13)9-16-17-15;15-12-8-4-1-2-5-9(8)13(16)11-10(12)6-3-7-14-11/h1-9H,(H,16,17);1-7H. The van der Waals surface area contributed by atoms with Crippen LogP contribution in [-0.4, -0.2) is 26.7 Å². The number of benzene rings is 4. The molecule has 5 heteroatoms. The number of carbonyl (C=O) groups excluding carboxylic acids is 2. The number of ketones is 2. The Hall–Kier alpha value is -4.64. The maximum Gasteiger partial charge on any atom is 0.212 e. The van der Waals surface area contributed by atoms with Gasteiger partial charge in [0.2, 0.25) is 5.78 Å². The molecule has 0 atom stereocenters. The van der Waals surface area contributed by atoms with E-state index in [9.17, 15) is 9.59 Å². The average molecular weight is 427 g/mol. The molecule has 0 saturated heterocycles. The van der Waals surface area contributed by atoms with Gasteiger partial charge in [-0.15, -0.1) is 0 Å². The van der Waals surface area contributed by atoms with E-state index >= 15 is 0 Å². The van der Waals surface area contributed by atoms with Gasteiger partial charge in [0.05, 0.1) is 17.3 Å².